The van der Waals surface area contributed by atoms with Gasteiger partial charge in [0.15, 0.2) is 1.41 Å². The predicted octanol–water partition coefficient (Wildman–Crippen LogP) is 1.47. The molecule has 0 atom stereocenters. The van der Waals surface area contributed by atoms with E-state index >= 15 is 0 Å². The lowest BCUT2D eigenvalue weighted by molar-refractivity contribution is 0.835. The summed E-state index contributed by atoms with van der Waals surface area (Å²) in [6.07, 6.45) is 0. The molecule has 66 valence electrons. The first kappa shape index (κ1) is 3.54. The van der Waals surface area contributed by atoms with Crippen LogP contribution in [0.25, 0.3) is 5.69 Å². The maximum absolute atomic E-state index is 11.8. The Morgan fingerprint density at radius 3 is 2.69 bits per heavy atom. The average molecular weight is 180 g/mol. The summed E-state index contributed by atoms with van der Waals surface area (Å²) in [6.45, 7) is 1.51. The number of aryl methyl sites for hydroxylation is 1. The van der Waals surface area contributed by atoms with Gasteiger partial charge in [-0.1, -0.05) is 18.1 Å². The molecule has 2 rings (SSSR count). The monoisotopic (exact) mass is 180 g/mol. The summed E-state index contributed by atoms with van der Waals surface area (Å²) >= 11 is 0. The van der Waals surface area contributed by atoms with Gasteiger partial charge in [-0.25, -0.2) is 4.68 Å². The van der Waals surface area contributed by atoms with E-state index in [2.05, 4.69) is 0 Å². The number of aromatic amines is 1. The number of para-hydroxylation sites is 1. The first-order chi connectivity index (χ1) is 8.77. The SMILES string of the molecule is [2H]c1c([2H])c([2H])c(-n2c(=O)cc(C)n2[2H])c([2H])c1[2H]. The van der Waals surface area contributed by atoms with E-state index in [-0.39, 0.29) is 5.69 Å². The fourth-order valence-corrected chi connectivity index (χ4v) is 0.985. The molecule has 0 fully saturated rings. The van der Waals surface area contributed by atoms with Crippen molar-refractivity contribution in [2.45, 2.75) is 6.92 Å². The van der Waals surface area contributed by atoms with Crippen LogP contribution in [0.15, 0.2) is 41.1 Å². The van der Waals surface area contributed by atoms with Gasteiger partial charge in [-0.3, -0.25) is 9.89 Å². The molecule has 0 aliphatic heterocycles. The van der Waals surface area contributed by atoms with Crippen LogP contribution in [0.5, 0.6) is 0 Å². The van der Waals surface area contributed by atoms with E-state index in [4.69, 9.17) is 8.27 Å². The van der Waals surface area contributed by atoms with Gasteiger partial charge in [0.25, 0.3) is 5.56 Å². The van der Waals surface area contributed by atoms with Crippen LogP contribution in [0.4, 0.5) is 0 Å². The Hall–Kier alpha value is -1.77. The zero-order valence-electron chi connectivity index (χ0n) is 12.9. The minimum atomic E-state index is -0.619. The maximum atomic E-state index is 11.8. The molecule has 0 saturated carbocycles. The summed E-state index contributed by atoms with van der Waals surface area (Å²) < 4.78 is 46.5. The van der Waals surface area contributed by atoms with Crippen molar-refractivity contribution in [2.24, 2.45) is 0 Å². The van der Waals surface area contributed by atoms with Crippen molar-refractivity contribution in [1.29, 1.82) is 0 Å². The Morgan fingerprint density at radius 1 is 1.46 bits per heavy atom. The summed E-state index contributed by atoms with van der Waals surface area (Å²) in [7, 11) is 0. The van der Waals surface area contributed by atoms with E-state index < -0.39 is 35.8 Å². The van der Waals surface area contributed by atoms with Crippen LogP contribution in [0, 0.1) is 6.92 Å². The van der Waals surface area contributed by atoms with Crippen LogP contribution in [-0.2, 0) is 0 Å². The van der Waals surface area contributed by atoms with Crippen molar-refractivity contribution in [1.82, 2.24) is 9.77 Å². The first-order valence-corrected chi connectivity index (χ1v) is 3.65. The lowest BCUT2D eigenvalue weighted by atomic mass is 10.3. The van der Waals surface area contributed by atoms with Gasteiger partial charge in [0, 0.05) is 11.8 Å². The average Bonchev–Trinajstić information content (AvgIpc) is 2.61. The molecule has 1 aromatic heterocycles. The maximum Gasteiger partial charge on any atom is 0.271 e. The van der Waals surface area contributed by atoms with Gasteiger partial charge in [-0.2, -0.15) is 0 Å². The van der Waals surface area contributed by atoms with Crippen LogP contribution >= 0.6 is 0 Å². The van der Waals surface area contributed by atoms with Crippen molar-refractivity contribution >= 4 is 0 Å². The quantitative estimate of drug-likeness (QED) is 0.709. The molecule has 3 heteroatoms. The van der Waals surface area contributed by atoms with Gasteiger partial charge < -0.3 is 0 Å². The number of benzene rings is 1. The second-order valence-corrected chi connectivity index (χ2v) is 2.51. The van der Waals surface area contributed by atoms with Crippen molar-refractivity contribution in [3.05, 3.63) is 52.3 Å². The molecule has 1 heterocycles. The lowest BCUT2D eigenvalue weighted by Crippen LogP contribution is -2.12. The Kier molecular flexibility index (Phi) is 0.799. The molecule has 13 heavy (non-hydrogen) atoms. The number of nitrogens with one attached hydrogen (secondary N) is 1. The van der Waals surface area contributed by atoms with E-state index in [0.717, 1.165) is 10.7 Å². The number of H-pyrrole nitrogens is 1. The zero-order valence-corrected chi connectivity index (χ0v) is 6.88. The fourth-order valence-electron chi connectivity index (χ4n) is 0.985. The first-order valence-electron chi connectivity index (χ1n) is 6.60. The molecule has 2 aromatic rings. The highest BCUT2D eigenvalue weighted by molar-refractivity contribution is 5.30. The number of nitrogens with zero attached hydrogens (tertiary/aromatic N) is 1. The third-order valence-electron chi connectivity index (χ3n) is 1.50. The van der Waals surface area contributed by atoms with Gasteiger partial charge in [0.2, 0.25) is 0 Å². The second kappa shape index (κ2) is 2.94. The smallest absolute Gasteiger partial charge is 0.271 e. The zero-order chi connectivity index (χ0) is 14.5. The molecule has 1 N–H and O–H groups in total. The Labute approximate surface area is 84.1 Å². The van der Waals surface area contributed by atoms with Crippen molar-refractivity contribution in [3.63, 3.8) is 0 Å². The highest BCUT2D eigenvalue weighted by Crippen LogP contribution is 2.02. The molecule has 0 spiro atoms. The molecule has 0 aliphatic rings. The van der Waals surface area contributed by atoms with Gasteiger partial charge in [-0.05, 0) is 19.0 Å². The van der Waals surface area contributed by atoms with Gasteiger partial charge in [0.05, 0.1) is 12.5 Å². The number of hydrogen-bond donors (Lipinski definition) is 1. The third-order valence-corrected chi connectivity index (χ3v) is 1.50. The van der Waals surface area contributed by atoms with Gasteiger partial charge in [0.1, 0.15) is 0 Å². The molecular formula is C10H10N2O. The molecular weight excluding hydrogens is 164 g/mol. The summed E-state index contributed by atoms with van der Waals surface area (Å²) in [4.78, 5) is 11.8. The molecule has 0 amide bonds. The van der Waals surface area contributed by atoms with Gasteiger partial charge >= 0.3 is 0 Å². The van der Waals surface area contributed by atoms with Crippen LogP contribution in [0.1, 0.15) is 12.5 Å². The van der Waals surface area contributed by atoms with Crippen LogP contribution in [0.3, 0.4) is 0 Å². The highest BCUT2D eigenvalue weighted by atomic mass is 16.1. The summed E-state index contributed by atoms with van der Waals surface area (Å²) in [5, 5.41) is 0.705. The highest BCUT2D eigenvalue weighted by Gasteiger charge is 1.99. The largest absolute Gasteiger partial charge is 0.295 e. The standard InChI is InChI=1S/C10H10N2O/c1-8-7-10(13)12(11-8)9-5-3-2-4-6-9/h2-7,11H,1H3/i2D,3D,4D,5D,6D/hD. The fraction of sp³-hybridized carbons (Fsp3) is 0.100. The predicted molar refractivity (Wildman–Crippen MR) is 51.1 cm³/mol. The Balaban J connectivity index is 2.95. The molecule has 0 radical (unpaired) electrons. The van der Waals surface area contributed by atoms with E-state index in [1.165, 1.54) is 6.92 Å². The van der Waals surface area contributed by atoms with E-state index in [1.807, 2.05) is 0 Å². The number of rotatable bonds is 1. The second-order valence-electron chi connectivity index (χ2n) is 2.51. The van der Waals surface area contributed by atoms with E-state index in [9.17, 15) is 4.79 Å². The summed E-state index contributed by atoms with van der Waals surface area (Å²) in [6, 6.07) is -1.48. The minimum Gasteiger partial charge on any atom is -0.295 e. The topological polar surface area (TPSA) is 37.8 Å². The molecule has 0 unspecified atom stereocenters. The number of aromatic nitrogens is 2. The molecule has 3 nitrogen and oxygen atoms in total. The van der Waals surface area contributed by atoms with Crippen LogP contribution in [0.2, 0.25) is 1.41 Å². The minimum absolute atomic E-state index is 0.303. The summed E-state index contributed by atoms with van der Waals surface area (Å²) in [5.41, 5.74) is -0.637. The van der Waals surface area contributed by atoms with Gasteiger partial charge in [-0.15, -0.1) is 0 Å². The Bertz CT molecular complexity index is 704. The Morgan fingerprint density at radius 2 is 2.15 bits per heavy atom. The molecule has 0 saturated heterocycles. The van der Waals surface area contributed by atoms with Crippen LogP contribution < -0.4 is 5.56 Å². The van der Waals surface area contributed by atoms with E-state index in [0.29, 0.717) is 10.8 Å². The normalized spacial score (nSPS) is 16.7. The van der Waals surface area contributed by atoms with Crippen molar-refractivity contribution < 1.29 is 8.27 Å². The van der Waals surface area contributed by atoms with E-state index in [1.54, 1.807) is 0 Å². The molecule has 0 aliphatic carbocycles. The van der Waals surface area contributed by atoms with Crippen molar-refractivity contribution in [2.75, 3.05) is 0 Å². The summed E-state index contributed by atoms with van der Waals surface area (Å²) in [5.74, 6) is 0. The number of hydrogen-bond acceptors (Lipinski definition) is 1. The molecule has 0 bridgehead atoms. The third kappa shape index (κ3) is 1.40. The van der Waals surface area contributed by atoms with Crippen LogP contribution in [-0.4, -0.2) is 9.77 Å². The lowest BCUT2D eigenvalue weighted by Gasteiger charge is -1.99. The van der Waals surface area contributed by atoms with Crippen molar-refractivity contribution in [3.8, 4) is 5.69 Å². The molecule has 1 aromatic carbocycles.